The molecule has 2 aromatic carbocycles. The van der Waals surface area contributed by atoms with E-state index in [2.05, 4.69) is 36.1 Å². The van der Waals surface area contributed by atoms with E-state index in [4.69, 9.17) is 4.52 Å². The molecule has 1 aliphatic heterocycles. The van der Waals surface area contributed by atoms with Crippen LogP contribution in [0.25, 0.3) is 11.3 Å². The molecular weight excluding hydrogens is 393 g/mol. The lowest BCUT2D eigenvalue weighted by Crippen LogP contribution is -2.57. The van der Waals surface area contributed by atoms with Gasteiger partial charge in [-0.2, -0.15) is 0 Å². The molecule has 1 aromatic heterocycles. The third-order valence-electron chi connectivity index (χ3n) is 5.89. The van der Waals surface area contributed by atoms with Crippen LogP contribution in [0.3, 0.4) is 0 Å². The van der Waals surface area contributed by atoms with E-state index in [1.54, 1.807) is 12.1 Å². The van der Waals surface area contributed by atoms with Crippen LogP contribution in [0.5, 0.6) is 0 Å². The van der Waals surface area contributed by atoms with Crippen LogP contribution in [-0.4, -0.2) is 28.6 Å². The number of aromatic nitrogens is 1. The molecule has 4 rings (SSSR count). The highest BCUT2D eigenvalue weighted by atomic mass is 19.1. The van der Waals surface area contributed by atoms with E-state index >= 15 is 0 Å². The van der Waals surface area contributed by atoms with Crippen molar-refractivity contribution in [1.29, 1.82) is 0 Å². The molecule has 0 saturated carbocycles. The van der Waals surface area contributed by atoms with Crippen molar-refractivity contribution < 1.29 is 13.7 Å². The van der Waals surface area contributed by atoms with Gasteiger partial charge >= 0.3 is 0 Å². The second-order valence-electron chi connectivity index (χ2n) is 8.61. The number of hydrogen-bond donors (Lipinski definition) is 1. The Morgan fingerprint density at radius 2 is 1.84 bits per heavy atom. The summed E-state index contributed by atoms with van der Waals surface area (Å²) in [5.74, 6) is 0.719. The number of carbonyl (C=O) groups excluding carboxylic acids is 1. The Kier molecular flexibility index (Phi) is 6.18. The number of benzene rings is 2. The number of carbonyl (C=O) groups is 1. The molecule has 0 aliphatic carbocycles. The number of rotatable bonds is 6. The lowest BCUT2D eigenvalue weighted by Gasteiger charge is -2.42. The van der Waals surface area contributed by atoms with E-state index in [0.717, 1.165) is 23.2 Å². The molecule has 1 N–H and O–H groups in total. The van der Waals surface area contributed by atoms with Crippen LogP contribution < -0.4 is 5.32 Å². The maximum Gasteiger partial charge on any atom is 0.237 e. The first-order valence-corrected chi connectivity index (χ1v) is 10.8. The quantitative estimate of drug-likeness (QED) is 0.599. The monoisotopic (exact) mass is 421 g/mol. The summed E-state index contributed by atoms with van der Waals surface area (Å²) in [7, 11) is 0. The predicted molar refractivity (Wildman–Crippen MR) is 118 cm³/mol. The van der Waals surface area contributed by atoms with Crippen molar-refractivity contribution in [3.8, 4) is 11.3 Å². The van der Waals surface area contributed by atoms with Crippen LogP contribution in [0.15, 0.2) is 65.2 Å². The van der Waals surface area contributed by atoms with E-state index in [1.807, 2.05) is 36.4 Å². The Morgan fingerprint density at radius 3 is 2.52 bits per heavy atom. The maximum atomic E-state index is 13.2. The highest BCUT2D eigenvalue weighted by molar-refractivity contribution is 5.83. The molecule has 6 heteroatoms. The zero-order valence-corrected chi connectivity index (χ0v) is 18.1. The molecule has 1 amide bonds. The van der Waals surface area contributed by atoms with Gasteiger partial charge in [-0.25, -0.2) is 4.39 Å². The summed E-state index contributed by atoms with van der Waals surface area (Å²) in [6.07, 6.45) is 0.764. The van der Waals surface area contributed by atoms with Gasteiger partial charge in [-0.05, 0) is 49.1 Å². The van der Waals surface area contributed by atoms with Crippen molar-refractivity contribution in [1.82, 2.24) is 15.4 Å². The minimum absolute atomic E-state index is 0.0444. The molecule has 0 bridgehead atoms. The van der Waals surface area contributed by atoms with Crippen molar-refractivity contribution in [3.05, 3.63) is 77.7 Å². The zero-order chi connectivity index (χ0) is 22.0. The van der Waals surface area contributed by atoms with Crippen molar-refractivity contribution in [2.75, 3.05) is 6.54 Å². The fourth-order valence-electron chi connectivity index (χ4n) is 4.20. The van der Waals surface area contributed by atoms with Crippen LogP contribution in [0.4, 0.5) is 4.39 Å². The van der Waals surface area contributed by atoms with Gasteiger partial charge in [-0.3, -0.25) is 9.69 Å². The number of nitrogens with zero attached hydrogens (tertiary/aromatic N) is 2. The predicted octanol–water partition coefficient (Wildman–Crippen LogP) is 5.13. The van der Waals surface area contributed by atoms with Crippen LogP contribution in [0.1, 0.15) is 50.5 Å². The van der Waals surface area contributed by atoms with Gasteiger partial charge in [0.05, 0.1) is 18.1 Å². The Bertz CT molecular complexity index is 1020. The molecule has 1 fully saturated rings. The summed E-state index contributed by atoms with van der Waals surface area (Å²) >= 11 is 0. The van der Waals surface area contributed by atoms with Gasteiger partial charge in [-0.1, -0.05) is 49.3 Å². The minimum atomic E-state index is -0.292. The van der Waals surface area contributed by atoms with Crippen LogP contribution in [-0.2, 0) is 4.79 Å². The highest BCUT2D eigenvalue weighted by Crippen LogP contribution is 2.33. The molecule has 162 valence electrons. The smallest absolute Gasteiger partial charge is 0.237 e. The van der Waals surface area contributed by atoms with E-state index in [-0.39, 0.29) is 29.8 Å². The lowest BCUT2D eigenvalue weighted by atomic mass is 9.93. The van der Waals surface area contributed by atoms with Gasteiger partial charge in [0.15, 0.2) is 5.76 Å². The number of amides is 1. The molecule has 3 atom stereocenters. The Hall–Kier alpha value is -2.99. The minimum Gasteiger partial charge on any atom is -0.356 e. The lowest BCUT2D eigenvalue weighted by molar-refractivity contribution is -0.133. The van der Waals surface area contributed by atoms with Crippen molar-refractivity contribution >= 4 is 5.91 Å². The van der Waals surface area contributed by atoms with Gasteiger partial charge in [0.25, 0.3) is 0 Å². The molecule has 3 aromatic rings. The molecule has 2 unspecified atom stereocenters. The fraction of sp³-hybridized carbons (Fsp3) is 0.360. The summed E-state index contributed by atoms with van der Waals surface area (Å²) in [5.41, 5.74) is 2.61. The average molecular weight is 422 g/mol. The molecule has 1 aliphatic rings. The molecule has 5 nitrogen and oxygen atoms in total. The normalized spacial score (nSPS) is 20.6. The second kappa shape index (κ2) is 9.02. The third-order valence-corrected chi connectivity index (χ3v) is 5.89. The summed E-state index contributed by atoms with van der Waals surface area (Å²) in [6, 6.07) is 17.6. The SMILES string of the molecule is CC(C)C[C@H]1C(=O)NC(c2ccccc2)CN1C(C)c1cc(-c2ccc(F)cc2)on1. The zero-order valence-electron chi connectivity index (χ0n) is 18.1. The van der Waals surface area contributed by atoms with Crippen LogP contribution in [0, 0.1) is 11.7 Å². The first-order chi connectivity index (χ1) is 14.9. The van der Waals surface area contributed by atoms with Crippen molar-refractivity contribution in [3.63, 3.8) is 0 Å². The number of halogens is 1. The largest absolute Gasteiger partial charge is 0.356 e. The van der Waals surface area contributed by atoms with Crippen molar-refractivity contribution in [2.24, 2.45) is 5.92 Å². The molecular formula is C25H28FN3O2. The van der Waals surface area contributed by atoms with Gasteiger partial charge in [0.1, 0.15) is 11.5 Å². The van der Waals surface area contributed by atoms with E-state index < -0.39 is 0 Å². The second-order valence-corrected chi connectivity index (χ2v) is 8.61. The van der Waals surface area contributed by atoms with Gasteiger partial charge < -0.3 is 9.84 Å². The molecule has 0 spiro atoms. The van der Waals surface area contributed by atoms with Crippen LogP contribution >= 0.6 is 0 Å². The van der Waals surface area contributed by atoms with E-state index in [0.29, 0.717) is 18.2 Å². The topological polar surface area (TPSA) is 58.4 Å². The highest BCUT2D eigenvalue weighted by Gasteiger charge is 2.38. The fourth-order valence-corrected chi connectivity index (χ4v) is 4.20. The summed E-state index contributed by atoms with van der Waals surface area (Å²) < 4.78 is 18.8. The van der Waals surface area contributed by atoms with Crippen molar-refractivity contribution in [2.45, 2.75) is 45.3 Å². The van der Waals surface area contributed by atoms with E-state index in [1.165, 1.54) is 12.1 Å². The third kappa shape index (κ3) is 4.69. The number of nitrogens with one attached hydrogen (secondary N) is 1. The summed E-state index contributed by atoms with van der Waals surface area (Å²) in [5, 5.41) is 7.49. The first kappa shape index (κ1) is 21.2. The van der Waals surface area contributed by atoms with Crippen LogP contribution in [0.2, 0.25) is 0 Å². The molecule has 31 heavy (non-hydrogen) atoms. The number of piperazine rings is 1. The van der Waals surface area contributed by atoms with Gasteiger partial charge in [0, 0.05) is 18.2 Å². The average Bonchev–Trinajstić information content (AvgIpc) is 3.25. The summed E-state index contributed by atoms with van der Waals surface area (Å²) in [6.45, 7) is 7.00. The molecule has 1 saturated heterocycles. The van der Waals surface area contributed by atoms with E-state index in [9.17, 15) is 9.18 Å². The summed E-state index contributed by atoms with van der Waals surface area (Å²) in [4.78, 5) is 15.3. The van der Waals surface area contributed by atoms with Gasteiger partial charge in [0.2, 0.25) is 5.91 Å². The number of hydrogen-bond acceptors (Lipinski definition) is 4. The molecule has 0 radical (unpaired) electrons. The Morgan fingerprint density at radius 1 is 1.13 bits per heavy atom. The maximum absolute atomic E-state index is 13.2. The standard InChI is InChI=1S/C25H28FN3O2/c1-16(2)13-23-25(30)27-22(18-7-5-4-6-8-18)15-29(23)17(3)21-14-24(31-28-21)19-9-11-20(26)12-10-19/h4-12,14,16-17,22-23H,13,15H2,1-3H3,(H,27,30)/t17?,22?,23-/m0/s1. The Balaban J connectivity index is 1.61. The van der Waals surface area contributed by atoms with Gasteiger partial charge in [-0.15, -0.1) is 0 Å². The first-order valence-electron chi connectivity index (χ1n) is 10.8. The Labute approximate surface area is 182 Å². The molecule has 2 heterocycles.